The fraction of sp³-hybridized carbons (Fsp3) is 0.231. The molecule has 0 bridgehead atoms. The molecule has 112 valence electrons. The SMILES string of the molecule is CCc1ncc(S(=O)(=O)Nc2ccccc2C(=O)NC)[nH]1. The largest absolute Gasteiger partial charge is 0.355 e. The minimum absolute atomic E-state index is 0.0361. The molecule has 0 aliphatic rings. The van der Waals surface area contributed by atoms with Crippen LogP contribution in [0.5, 0.6) is 0 Å². The molecule has 1 aromatic heterocycles. The van der Waals surface area contributed by atoms with Crippen molar-refractivity contribution in [2.75, 3.05) is 11.8 Å². The lowest BCUT2D eigenvalue weighted by Gasteiger charge is -2.10. The number of hydrogen-bond donors (Lipinski definition) is 3. The number of H-pyrrole nitrogens is 1. The van der Waals surface area contributed by atoms with E-state index in [-0.39, 0.29) is 22.2 Å². The van der Waals surface area contributed by atoms with Crippen molar-refractivity contribution in [3.63, 3.8) is 0 Å². The first kappa shape index (κ1) is 15.0. The van der Waals surface area contributed by atoms with Crippen LogP contribution in [0.2, 0.25) is 0 Å². The quantitative estimate of drug-likeness (QED) is 0.770. The Kier molecular flexibility index (Phi) is 4.27. The van der Waals surface area contributed by atoms with Crippen LogP contribution >= 0.6 is 0 Å². The van der Waals surface area contributed by atoms with E-state index in [1.807, 2.05) is 6.92 Å². The number of carbonyl (C=O) groups excluding carboxylic acids is 1. The van der Waals surface area contributed by atoms with E-state index in [9.17, 15) is 13.2 Å². The molecule has 0 aliphatic heterocycles. The maximum Gasteiger partial charge on any atom is 0.279 e. The lowest BCUT2D eigenvalue weighted by atomic mass is 10.2. The summed E-state index contributed by atoms with van der Waals surface area (Å²) < 4.78 is 27.0. The maximum atomic E-state index is 12.3. The van der Waals surface area contributed by atoms with Gasteiger partial charge in [-0.05, 0) is 12.1 Å². The van der Waals surface area contributed by atoms with Crippen LogP contribution in [0.1, 0.15) is 23.1 Å². The van der Waals surface area contributed by atoms with Gasteiger partial charge in [-0.1, -0.05) is 19.1 Å². The molecule has 0 saturated carbocycles. The van der Waals surface area contributed by atoms with Gasteiger partial charge in [-0.25, -0.2) is 4.98 Å². The van der Waals surface area contributed by atoms with Crippen LogP contribution in [-0.4, -0.2) is 31.3 Å². The molecule has 1 amide bonds. The Balaban J connectivity index is 2.35. The number of nitrogens with one attached hydrogen (secondary N) is 3. The number of para-hydroxylation sites is 1. The zero-order valence-electron chi connectivity index (χ0n) is 11.7. The van der Waals surface area contributed by atoms with E-state index in [0.29, 0.717) is 12.2 Å². The molecule has 0 unspecified atom stereocenters. The number of anilines is 1. The highest BCUT2D eigenvalue weighted by molar-refractivity contribution is 7.92. The van der Waals surface area contributed by atoms with Gasteiger partial charge in [-0.3, -0.25) is 9.52 Å². The number of benzene rings is 1. The lowest BCUT2D eigenvalue weighted by Crippen LogP contribution is -2.21. The van der Waals surface area contributed by atoms with Gasteiger partial charge in [-0.15, -0.1) is 0 Å². The molecule has 0 radical (unpaired) electrons. The first-order valence-corrected chi connectivity index (χ1v) is 7.84. The average Bonchev–Trinajstić information content (AvgIpc) is 2.96. The summed E-state index contributed by atoms with van der Waals surface area (Å²) in [6, 6.07) is 6.38. The second-order valence-electron chi connectivity index (χ2n) is 4.28. The third-order valence-corrected chi connectivity index (χ3v) is 4.15. The summed E-state index contributed by atoms with van der Waals surface area (Å²) in [4.78, 5) is 18.4. The number of imidazole rings is 1. The smallest absolute Gasteiger partial charge is 0.279 e. The minimum Gasteiger partial charge on any atom is -0.355 e. The van der Waals surface area contributed by atoms with Crippen LogP contribution in [0.25, 0.3) is 0 Å². The Morgan fingerprint density at radius 3 is 2.67 bits per heavy atom. The highest BCUT2D eigenvalue weighted by Gasteiger charge is 2.20. The number of sulfonamides is 1. The molecule has 8 heteroatoms. The predicted octanol–water partition coefficient (Wildman–Crippen LogP) is 1.13. The molecular weight excluding hydrogens is 292 g/mol. The van der Waals surface area contributed by atoms with Gasteiger partial charge in [0.25, 0.3) is 15.9 Å². The van der Waals surface area contributed by atoms with Crippen LogP contribution in [0, 0.1) is 0 Å². The molecule has 0 spiro atoms. The summed E-state index contributed by atoms with van der Waals surface area (Å²) >= 11 is 0. The van der Waals surface area contributed by atoms with Crippen molar-refractivity contribution in [3.05, 3.63) is 41.9 Å². The molecule has 7 nitrogen and oxygen atoms in total. The number of nitrogens with zero attached hydrogens (tertiary/aromatic N) is 1. The van der Waals surface area contributed by atoms with Crippen molar-refractivity contribution >= 4 is 21.6 Å². The van der Waals surface area contributed by atoms with Gasteiger partial charge in [0.1, 0.15) is 5.82 Å². The second-order valence-corrected chi connectivity index (χ2v) is 5.93. The fourth-order valence-corrected chi connectivity index (χ4v) is 2.79. The predicted molar refractivity (Wildman–Crippen MR) is 78.6 cm³/mol. The Bertz CT molecular complexity index is 752. The molecule has 1 aromatic carbocycles. The molecule has 2 rings (SSSR count). The van der Waals surface area contributed by atoms with Crippen LogP contribution in [-0.2, 0) is 16.4 Å². The molecule has 21 heavy (non-hydrogen) atoms. The number of aromatic amines is 1. The van der Waals surface area contributed by atoms with E-state index >= 15 is 0 Å². The third kappa shape index (κ3) is 3.22. The summed E-state index contributed by atoms with van der Waals surface area (Å²) in [5, 5.41) is 2.43. The standard InChI is InChI=1S/C13H16N4O3S/c1-3-11-15-8-12(16-11)21(19,20)17-10-7-5-4-6-9(10)13(18)14-2/h4-8,17H,3H2,1-2H3,(H,14,18)(H,15,16). The monoisotopic (exact) mass is 308 g/mol. The highest BCUT2D eigenvalue weighted by Crippen LogP contribution is 2.19. The number of aromatic nitrogens is 2. The van der Waals surface area contributed by atoms with Gasteiger partial charge < -0.3 is 10.3 Å². The maximum absolute atomic E-state index is 12.3. The molecule has 2 aromatic rings. The van der Waals surface area contributed by atoms with Crippen molar-refractivity contribution in [1.29, 1.82) is 0 Å². The van der Waals surface area contributed by atoms with Gasteiger partial charge in [0, 0.05) is 13.5 Å². The van der Waals surface area contributed by atoms with Gasteiger partial charge in [-0.2, -0.15) is 8.42 Å². The Labute approximate surface area is 122 Å². The van der Waals surface area contributed by atoms with E-state index in [4.69, 9.17) is 0 Å². The normalized spacial score (nSPS) is 11.1. The topological polar surface area (TPSA) is 104 Å². The van der Waals surface area contributed by atoms with Gasteiger partial charge in [0.05, 0.1) is 17.4 Å². The summed E-state index contributed by atoms with van der Waals surface area (Å²) in [7, 11) is -2.33. The van der Waals surface area contributed by atoms with E-state index in [0.717, 1.165) is 0 Å². The fourth-order valence-electron chi connectivity index (χ4n) is 1.76. The molecule has 0 saturated heterocycles. The Hall–Kier alpha value is -2.35. The van der Waals surface area contributed by atoms with Crippen LogP contribution < -0.4 is 10.0 Å². The summed E-state index contributed by atoms with van der Waals surface area (Å²) in [5.41, 5.74) is 0.461. The Morgan fingerprint density at radius 1 is 1.33 bits per heavy atom. The molecule has 0 atom stereocenters. The van der Waals surface area contributed by atoms with E-state index < -0.39 is 10.0 Å². The number of hydrogen-bond acceptors (Lipinski definition) is 4. The van der Waals surface area contributed by atoms with Crippen molar-refractivity contribution in [2.24, 2.45) is 0 Å². The number of carbonyl (C=O) groups is 1. The molecule has 3 N–H and O–H groups in total. The number of amides is 1. The molecular formula is C13H16N4O3S. The molecule has 0 aliphatic carbocycles. The average molecular weight is 308 g/mol. The van der Waals surface area contributed by atoms with Gasteiger partial charge in [0.15, 0.2) is 5.03 Å². The first-order chi connectivity index (χ1) is 9.97. The van der Waals surface area contributed by atoms with Crippen molar-refractivity contribution in [2.45, 2.75) is 18.4 Å². The number of aryl methyl sites for hydroxylation is 1. The van der Waals surface area contributed by atoms with E-state index in [1.54, 1.807) is 18.2 Å². The van der Waals surface area contributed by atoms with Crippen LogP contribution in [0.4, 0.5) is 5.69 Å². The third-order valence-electron chi connectivity index (χ3n) is 2.87. The van der Waals surface area contributed by atoms with Gasteiger partial charge in [0.2, 0.25) is 0 Å². The zero-order valence-corrected chi connectivity index (χ0v) is 12.5. The van der Waals surface area contributed by atoms with Crippen molar-refractivity contribution in [3.8, 4) is 0 Å². The summed E-state index contributed by atoms with van der Waals surface area (Å²) in [6.45, 7) is 1.86. The zero-order chi connectivity index (χ0) is 15.5. The summed E-state index contributed by atoms with van der Waals surface area (Å²) in [5.74, 6) is 0.210. The highest BCUT2D eigenvalue weighted by atomic mass is 32.2. The van der Waals surface area contributed by atoms with Crippen LogP contribution in [0.3, 0.4) is 0 Å². The van der Waals surface area contributed by atoms with Crippen molar-refractivity contribution < 1.29 is 13.2 Å². The van der Waals surface area contributed by atoms with E-state index in [1.165, 1.54) is 19.3 Å². The van der Waals surface area contributed by atoms with Crippen molar-refractivity contribution in [1.82, 2.24) is 15.3 Å². The molecule has 1 heterocycles. The summed E-state index contributed by atoms with van der Waals surface area (Å²) in [6.07, 6.45) is 1.86. The lowest BCUT2D eigenvalue weighted by molar-refractivity contribution is 0.0964. The first-order valence-electron chi connectivity index (χ1n) is 6.35. The molecule has 0 fully saturated rings. The second kappa shape index (κ2) is 5.96. The number of rotatable bonds is 5. The Morgan fingerprint density at radius 2 is 2.05 bits per heavy atom. The van der Waals surface area contributed by atoms with Gasteiger partial charge >= 0.3 is 0 Å². The minimum atomic E-state index is -3.81. The van der Waals surface area contributed by atoms with E-state index in [2.05, 4.69) is 20.0 Å². The van der Waals surface area contributed by atoms with Crippen LogP contribution in [0.15, 0.2) is 35.5 Å².